The SMILES string of the molecule is Cc1cn([C@H]2C[C@H](N=[N+]=[N-])[C@@H](COP(=O)(O)NP(=O)(O)OP(=O)(O)O)O2)c(=O)[nH]c1=O. The van der Waals surface area contributed by atoms with Crippen LogP contribution in [-0.2, 0) is 27.3 Å². The number of aromatic amines is 1. The van der Waals surface area contributed by atoms with Crippen molar-refractivity contribution in [1.82, 2.24) is 14.4 Å². The molecule has 0 spiro atoms. The molecule has 0 bridgehead atoms. The highest BCUT2D eigenvalue weighted by Gasteiger charge is 2.41. The first-order valence-corrected chi connectivity index (χ1v) is 12.7. The quantitative estimate of drug-likeness (QED) is 0.109. The normalized spacial score (nSPS) is 25.4. The fraction of sp³-hybridized carbons (Fsp3) is 0.600. The van der Waals surface area contributed by atoms with Crippen LogP contribution in [0.15, 0.2) is 20.9 Å². The van der Waals surface area contributed by atoms with Gasteiger partial charge in [0.05, 0.1) is 18.8 Å². The van der Waals surface area contributed by atoms with E-state index in [0.717, 1.165) is 9.42 Å². The second-order valence-electron chi connectivity index (χ2n) is 6.12. The molecule has 18 nitrogen and oxygen atoms in total. The fourth-order valence-corrected chi connectivity index (χ4v) is 6.03. The van der Waals surface area contributed by atoms with E-state index in [0.29, 0.717) is 0 Å². The number of nitrogens with one attached hydrogen (secondary N) is 2. The first kappa shape index (κ1) is 25.6. The van der Waals surface area contributed by atoms with Gasteiger partial charge in [0.1, 0.15) is 6.23 Å². The summed E-state index contributed by atoms with van der Waals surface area (Å²) in [5, 5.41) is 3.44. The molecule has 0 amide bonds. The van der Waals surface area contributed by atoms with Gasteiger partial charge in [-0.3, -0.25) is 18.9 Å². The van der Waals surface area contributed by atoms with E-state index in [1.807, 2.05) is 0 Å². The van der Waals surface area contributed by atoms with Crippen molar-refractivity contribution in [2.45, 2.75) is 31.7 Å². The van der Waals surface area contributed by atoms with Gasteiger partial charge in [0.15, 0.2) is 0 Å². The number of hydrogen-bond donors (Lipinski definition) is 6. The van der Waals surface area contributed by atoms with Crippen molar-refractivity contribution in [3.63, 3.8) is 0 Å². The van der Waals surface area contributed by atoms with Crippen LogP contribution in [0.25, 0.3) is 10.4 Å². The maximum Gasteiger partial charge on any atom is 0.477 e. The molecule has 21 heteroatoms. The van der Waals surface area contributed by atoms with Crippen molar-refractivity contribution in [3.8, 4) is 0 Å². The predicted molar refractivity (Wildman–Crippen MR) is 99.4 cm³/mol. The number of ether oxygens (including phenoxy) is 1. The highest BCUT2D eigenvalue weighted by Crippen LogP contribution is 2.60. The lowest BCUT2D eigenvalue weighted by Gasteiger charge is -2.20. The Morgan fingerprint density at radius 3 is 2.55 bits per heavy atom. The minimum absolute atomic E-state index is 0.0908. The summed E-state index contributed by atoms with van der Waals surface area (Å²) in [7, 11) is -16.1. The summed E-state index contributed by atoms with van der Waals surface area (Å²) in [6.07, 6.45) is -1.17. The largest absolute Gasteiger partial charge is 0.477 e. The minimum Gasteiger partial charge on any atom is -0.352 e. The van der Waals surface area contributed by atoms with Crippen molar-refractivity contribution in [1.29, 1.82) is 0 Å². The zero-order valence-electron chi connectivity index (χ0n) is 15.4. The molecule has 0 aromatic carbocycles. The van der Waals surface area contributed by atoms with E-state index in [-0.39, 0.29) is 12.0 Å². The Morgan fingerprint density at radius 1 is 1.32 bits per heavy atom. The van der Waals surface area contributed by atoms with E-state index < -0.39 is 59.5 Å². The minimum atomic E-state index is -5.49. The molecule has 2 heterocycles. The van der Waals surface area contributed by atoms with Crippen LogP contribution in [0.3, 0.4) is 0 Å². The molecule has 0 radical (unpaired) electrons. The average molecular weight is 506 g/mol. The number of hydrogen-bond acceptors (Lipinski definition) is 9. The number of rotatable bonds is 9. The van der Waals surface area contributed by atoms with E-state index in [2.05, 4.69) is 23.8 Å². The zero-order valence-corrected chi connectivity index (χ0v) is 18.1. The first-order chi connectivity index (χ1) is 14.1. The van der Waals surface area contributed by atoms with E-state index in [9.17, 15) is 33.1 Å². The van der Waals surface area contributed by atoms with Crippen molar-refractivity contribution < 1.29 is 46.8 Å². The summed E-state index contributed by atoms with van der Waals surface area (Å²) in [4.78, 5) is 65.1. The van der Waals surface area contributed by atoms with Gasteiger partial charge < -0.3 is 24.3 Å². The van der Waals surface area contributed by atoms with E-state index in [1.165, 1.54) is 13.1 Å². The number of phosphoric acid groups is 1. The summed E-state index contributed by atoms with van der Waals surface area (Å²) in [5.41, 5.74) is 7.42. The smallest absolute Gasteiger partial charge is 0.352 e. The van der Waals surface area contributed by atoms with Crippen molar-refractivity contribution in [2.75, 3.05) is 6.61 Å². The van der Waals surface area contributed by atoms with Crippen molar-refractivity contribution in [3.05, 3.63) is 43.0 Å². The molecule has 6 N–H and O–H groups in total. The summed E-state index contributed by atoms with van der Waals surface area (Å²) >= 11 is 0. The Labute approximate surface area is 171 Å². The van der Waals surface area contributed by atoms with E-state index in [4.69, 9.17) is 20.1 Å². The van der Waals surface area contributed by atoms with Crippen LogP contribution < -0.4 is 16.1 Å². The van der Waals surface area contributed by atoms with Gasteiger partial charge in [0, 0.05) is 23.1 Å². The van der Waals surface area contributed by atoms with Crippen LogP contribution in [0, 0.1) is 6.92 Å². The van der Waals surface area contributed by atoms with Gasteiger partial charge in [-0.2, -0.15) is 4.31 Å². The number of aryl methyl sites for hydroxylation is 1. The van der Waals surface area contributed by atoms with Gasteiger partial charge in [-0.05, 0) is 12.5 Å². The molecule has 2 unspecified atom stereocenters. The third kappa shape index (κ3) is 7.47. The fourth-order valence-electron chi connectivity index (χ4n) is 2.55. The second-order valence-corrected chi connectivity index (χ2v) is 10.9. The number of aromatic nitrogens is 2. The van der Waals surface area contributed by atoms with Gasteiger partial charge in [0.2, 0.25) is 0 Å². The lowest BCUT2D eigenvalue weighted by Crippen LogP contribution is -2.33. The first-order valence-electron chi connectivity index (χ1n) is 8.01. The summed E-state index contributed by atoms with van der Waals surface area (Å²) < 4.78 is 48.6. The van der Waals surface area contributed by atoms with Crippen LogP contribution in [-0.4, -0.2) is 47.9 Å². The number of nitrogens with zero attached hydrogens (tertiary/aromatic N) is 4. The van der Waals surface area contributed by atoms with Gasteiger partial charge in [-0.1, -0.05) is 5.11 Å². The molecular formula is C10H17N6O12P3. The molecule has 5 atom stereocenters. The molecule has 0 aliphatic carbocycles. The zero-order chi connectivity index (χ0) is 23.6. The molecule has 1 aliphatic heterocycles. The van der Waals surface area contributed by atoms with Crippen LogP contribution >= 0.6 is 23.3 Å². The monoisotopic (exact) mass is 506 g/mol. The molecular weight excluding hydrogens is 489 g/mol. The predicted octanol–water partition coefficient (Wildman–Crippen LogP) is -0.272. The van der Waals surface area contributed by atoms with Crippen LogP contribution in [0.1, 0.15) is 18.2 Å². The Balaban J connectivity index is 2.14. The number of azide groups is 1. The molecule has 174 valence electrons. The highest BCUT2D eigenvalue weighted by atomic mass is 31.3. The van der Waals surface area contributed by atoms with Crippen LogP contribution in [0.4, 0.5) is 0 Å². The standard InChI is InChI=1S/C10H17N6O12P3/c1-5-3-16(10(18)12-9(5)17)8-2-6(13-14-11)7(27-8)4-26-29(19,20)15-30(21,22)28-31(23,24)25/h3,6-8H,2,4H2,1H3,(H,12,17,18)(H2,23,24,25)(H3,15,19,20,21,22)/t6-,7+,8+/m0/s1. The Bertz CT molecular complexity index is 1140. The summed E-state index contributed by atoms with van der Waals surface area (Å²) in [6, 6.07) is -1.01. The van der Waals surface area contributed by atoms with E-state index in [1.54, 1.807) is 0 Å². The molecule has 1 aromatic rings. The van der Waals surface area contributed by atoms with Gasteiger partial charge in [0.25, 0.3) is 5.56 Å². The number of H-pyrrole nitrogens is 1. The molecule has 1 fully saturated rings. The molecule has 1 saturated heterocycles. The highest BCUT2D eigenvalue weighted by molar-refractivity contribution is 7.70. The van der Waals surface area contributed by atoms with E-state index >= 15 is 0 Å². The Morgan fingerprint density at radius 2 is 1.97 bits per heavy atom. The molecule has 31 heavy (non-hydrogen) atoms. The van der Waals surface area contributed by atoms with Crippen LogP contribution in [0.2, 0.25) is 0 Å². The summed E-state index contributed by atoms with van der Waals surface area (Å²) in [5.74, 6) is 0. The van der Waals surface area contributed by atoms with Crippen molar-refractivity contribution in [2.24, 2.45) is 5.11 Å². The maximum atomic E-state index is 12.0. The van der Waals surface area contributed by atoms with Gasteiger partial charge in [-0.25, -0.2) is 18.5 Å². The third-order valence-corrected chi connectivity index (χ3v) is 8.00. The topological polar surface area (TPSA) is 275 Å². The van der Waals surface area contributed by atoms with Gasteiger partial charge in [-0.15, -0.1) is 4.86 Å². The van der Waals surface area contributed by atoms with Crippen LogP contribution in [0.5, 0.6) is 0 Å². The second kappa shape index (κ2) is 9.46. The molecule has 1 aromatic heterocycles. The molecule has 2 rings (SSSR count). The maximum absolute atomic E-state index is 12.0. The Hall–Kier alpha value is -1.64. The summed E-state index contributed by atoms with van der Waals surface area (Å²) in [6.45, 7) is 0.615. The lowest BCUT2D eigenvalue weighted by atomic mass is 10.1. The Kier molecular flexibility index (Phi) is 7.82. The third-order valence-electron chi connectivity index (χ3n) is 3.74. The lowest BCUT2D eigenvalue weighted by molar-refractivity contribution is -0.0242. The average Bonchev–Trinajstić information content (AvgIpc) is 2.96. The van der Waals surface area contributed by atoms with Gasteiger partial charge >= 0.3 is 29.0 Å². The molecule has 0 saturated carbocycles. The molecule has 1 aliphatic rings. The van der Waals surface area contributed by atoms with Crippen molar-refractivity contribution >= 4 is 23.3 Å².